The molecule has 0 unspecified atom stereocenters. The monoisotopic (exact) mass is 313 g/mol. The maximum Gasteiger partial charge on any atom is 0.408 e. The average Bonchev–Trinajstić information content (AvgIpc) is 2.35. The Hall–Kier alpha value is -1.75. The van der Waals surface area contributed by atoms with Gasteiger partial charge < -0.3 is 9.84 Å². The van der Waals surface area contributed by atoms with Crippen molar-refractivity contribution in [2.75, 3.05) is 7.11 Å². The second-order valence-electron chi connectivity index (χ2n) is 5.70. The number of rotatable bonds is 4. The van der Waals surface area contributed by atoms with Crippen molar-refractivity contribution in [1.29, 1.82) is 0 Å². The Kier molecular flexibility index (Phi) is 5.61. The van der Waals surface area contributed by atoms with Gasteiger partial charge in [0.2, 0.25) is 0 Å². The first-order chi connectivity index (χ1) is 9.66. The molecule has 0 aromatic heterocycles. The fourth-order valence-electron chi connectivity index (χ4n) is 2.19. The molecule has 21 heavy (non-hydrogen) atoms. The third-order valence-corrected chi connectivity index (χ3v) is 3.27. The van der Waals surface area contributed by atoms with Crippen LogP contribution in [0.1, 0.15) is 26.3 Å². The van der Waals surface area contributed by atoms with Gasteiger partial charge in [0.1, 0.15) is 6.04 Å². The molecule has 0 radical (unpaired) electrons. The highest BCUT2D eigenvalue weighted by atomic mass is 35.5. The van der Waals surface area contributed by atoms with E-state index in [1.54, 1.807) is 45.0 Å². The van der Waals surface area contributed by atoms with Gasteiger partial charge in [0, 0.05) is 17.0 Å². The molecular formula is C15H20ClNO4. The summed E-state index contributed by atoms with van der Waals surface area (Å²) in [6, 6.07) is 6.06. The molecule has 0 saturated heterocycles. The highest BCUT2D eigenvalue weighted by Crippen LogP contribution is 2.22. The van der Waals surface area contributed by atoms with E-state index in [9.17, 15) is 14.7 Å². The quantitative estimate of drug-likeness (QED) is 0.867. The van der Waals surface area contributed by atoms with Gasteiger partial charge in [-0.05, 0) is 38.5 Å². The van der Waals surface area contributed by atoms with E-state index in [4.69, 9.17) is 16.3 Å². The van der Waals surface area contributed by atoms with Crippen LogP contribution in [0.2, 0.25) is 5.02 Å². The molecule has 1 aromatic carbocycles. The number of ether oxygens (including phenoxy) is 1. The number of halogens is 1. The maximum absolute atomic E-state index is 12.0. The molecule has 0 saturated carbocycles. The summed E-state index contributed by atoms with van der Waals surface area (Å²) in [6.07, 6.45) is -0.962. The fourth-order valence-corrected chi connectivity index (χ4v) is 2.40. The zero-order valence-electron chi connectivity index (χ0n) is 12.6. The normalized spacial score (nSPS) is 12.6. The maximum atomic E-state index is 12.0. The molecule has 1 amide bonds. The minimum atomic E-state index is -1.17. The van der Waals surface area contributed by atoms with Gasteiger partial charge in [-0.15, -0.1) is 0 Å². The van der Waals surface area contributed by atoms with E-state index in [1.165, 1.54) is 7.11 Å². The molecule has 116 valence electrons. The summed E-state index contributed by atoms with van der Waals surface area (Å²) in [6.45, 7) is 5.19. The number of esters is 1. The van der Waals surface area contributed by atoms with Gasteiger partial charge in [-0.1, -0.05) is 23.7 Å². The Morgan fingerprint density at radius 2 is 2.00 bits per heavy atom. The first-order valence-electron chi connectivity index (χ1n) is 6.51. The molecule has 0 heterocycles. The van der Waals surface area contributed by atoms with Gasteiger partial charge in [-0.2, -0.15) is 0 Å². The fraction of sp³-hybridized carbons (Fsp3) is 0.467. The SMILES string of the molecule is COC(=O)[C@H](Cc1cccc(Cl)c1)N(C(=O)O)C(C)(C)C. The third kappa shape index (κ3) is 4.63. The number of benzene rings is 1. The van der Waals surface area contributed by atoms with Crippen LogP contribution in [0.15, 0.2) is 24.3 Å². The number of hydrogen-bond donors (Lipinski definition) is 1. The average molecular weight is 314 g/mol. The van der Waals surface area contributed by atoms with Gasteiger partial charge >= 0.3 is 12.1 Å². The van der Waals surface area contributed by atoms with Crippen LogP contribution in [0.4, 0.5) is 4.79 Å². The van der Waals surface area contributed by atoms with Crippen molar-refractivity contribution in [2.24, 2.45) is 0 Å². The molecule has 0 aliphatic carbocycles. The van der Waals surface area contributed by atoms with E-state index in [1.807, 2.05) is 0 Å². The molecule has 0 aliphatic heterocycles. The molecule has 1 atom stereocenters. The van der Waals surface area contributed by atoms with Crippen molar-refractivity contribution < 1.29 is 19.4 Å². The van der Waals surface area contributed by atoms with E-state index < -0.39 is 23.6 Å². The van der Waals surface area contributed by atoms with Gasteiger partial charge in [0.05, 0.1) is 7.11 Å². The Bertz CT molecular complexity index is 525. The zero-order valence-corrected chi connectivity index (χ0v) is 13.3. The van der Waals surface area contributed by atoms with Crippen molar-refractivity contribution in [3.05, 3.63) is 34.9 Å². The molecule has 1 aromatic rings. The minimum Gasteiger partial charge on any atom is -0.467 e. The Morgan fingerprint density at radius 1 is 1.38 bits per heavy atom. The predicted octanol–water partition coefficient (Wildman–Crippen LogP) is 3.20. The third-order valence-electron chi connectivity index (χ3n) is 3.03. The molecule has 6 heteroatoms. The van der Waals surface area contributed by atoms with Gasteiger partial charge in [0.25, 0.3) is 0 Å². The van der Waals surface area contributed by atoms with Crippen LogP contribution in [0.5, 0.6) is 0 Å². The van der Waals surface area contributed by atoms with Crippen molar-refractivity contribution in [2.45, 2.75) is 38.8 Å². The lowest BCUT2D eigenvalue weighted by Gasteiger charge is -2.38. The second-order valence-corrected chi connectivity index (χ2v) is 6.13. The molecular weight excluding hydrogens is 294 g/mol. The zero-order chi connectivity index (χ0) is 16.2. The van der Waals surface area contributed by atoms with Gasteiger partial charge in [0.15, 0.2) is 0 Å². The van der Waals surface area contributed by atoms with E-state index in [2.05, 4.69) is 0 Å². The first-order valence-corrected chi connectivity index (χ1v) is 6.89. The van der Waals surface area contributed by atoms with Crippen molar-refractivity contribution in [1.82, 2.24) is 4.90 Å². The number of carbonyl (C=O) groups excluding carboxylic acids is 1. The van der Waals surface area contributed by atoms with E-state index in [0.717, 1.165) is 10.5 Å². The molecule has 0 aliphatic rings. The largest absolute Gasteiger partial charge is 0.467 e. The summed E-state index contributed by atoms with van der Waals surface area (Å²) < 4.78 is 4.76. The van der Waals surface area contributed by atoms with Crippen molar-refractivity contribution in [3.63, 3.8) is 0 Å². The Labute approximate surface area is 129 Å². The summed E-state index contributed by atoms with van der Waals surface area (Å²) in [5, 5.41) is 9.98. The van der Waals surface area contributed by atoms with Gasteiger partial charge in [-0.3, -0.25) is 4.90 Å². The number of amides is 1. The Balaban J connectivity index is 3.16. The molecule has 1 N–H and O–H groups in total. The molecule has 0 bridgehead atoms. The lowest BCUT2D eigenvalue weighted by molar-refractivity contribution is -0.148. The highest BCUT2D eigenvalue weighted by molar-refractivity contribution is 6.30. The van der Waals surface area contributed by atoms with E-state index in [0.29, 0.717) is 5.02 Å². The summed E-state index contributed by atoms with van der Waals surface area (Å²) in [5.41, 5.74) is 0.0388. The van der Waals surface area contributed by atoms with Crippen molar-refractivity contribution >= 4 is 23.7 Å². The first kappa shape index (κ1) is 17.3. The second kappa shape index (κ2) is 6.80. The summed E-state index contributed by atoms with van der Waals surface area (Å²) in [4.78, 5) is 24.7. The van der Waals surface area contributed by atoms with Crippen LogP contribution in [0.3, 0.4) is 0 Å². The predicted molar refractivity (Wildman–Crippen MR) is 80.6 cm³/mol. The molecule has 5 nitrogen and oxygen atoms in total. The Morgan fingerprint density at radius 3 is 2.43 bits per heavy atom. The summed E-state index contributed by atoms with van der Waals surface area (Å²) in [7, 11) is 1.25. The van der Waals surface area contributed by atoms with Crippen LogP contribution in [0, 0.1) is 0 Å². The van der Waals surface area contributed by atoms with Crippen LogP contribution in [-0.2, 0) is 16.0 Å². The highest BCUT2D eigenvalue weighted by Gasteiger charge is 2.38. The summed E-state index contributed by atoms with van der Waals surface area (Å²) in [5.74, 6) is -0.590. The van der Waals surface area contributed by atoms with Crippen LogP contribution in [0.25, 0.3) is 0 Å². The number of methoxy groups -OCH3 is 1. The lowest BCUT2D eigenvalue weighted by Crippen LogP contribution is -2.55. The number of hydrogen-bond acceptors (Lipinski definition) is 3. The molecule has 0 fully saturated rings. The van der Waals surface area contributed by atoms with E-state index in [-0.39, 0.29) is 6.42 Å². The van der Waals surface area contributed by atoms with E-state index >= 15 is 0 Å². The van der Waals surface area contributed by atoms with Crippen LogP contribution in [-0.4, -0.2) is 40.8 Å². The number of carbonyl (C=O) groups is 2. The smallest absolute Gasteiger partial charge is 0.408 e. The van der Waals surface area contributed by atoms with Crippen LogP contribution >= 0.6 is 11.6 Å². The van der Waals surface area contributed by atoms with Crippen LogP contribution < -0.4 is 0 Å². The number of carboxylic acid groups (broad SMARTS) is 1. The topological polar surface area (TPSA) is 66.8 Å². The standard InChI is InChI=1S/C15H20ClNO4/c1-15(2,3)17(14(19)20)12(13(18)21-4)9-10-6-5-7-11(16)8-10/h5-8,12H,9H2,1-4H3,(H,19,20)/t12-/m0/s1. The minimum absolute atomic E-state index is 0.205. The van der Waals surface area contributed by atoms with Gasteiger partial charge in [-0.25, -0.2) is 9.59 Å². The van der Waals surface area contributed by atoms with Crippen molar-refractivity contribution in [3.8, 4) is 0 Å². The molecule has 0 spiro atoms. The lowest BCUT2D eigenvalue weighted by atomic mass is 9.98. The number of nitrogens with zero attached hydrogens (tertiary/aromatic N) is 1. The summed E-state index contributed by atoms with van der Waals surface area (Å²) >= 11 is 5.93. The molecule has 1 rings (SSSR count).